The van der Waals surface area contributed by atoms with E-state index in [9.17, 15) is 4.79 Å². The maximum absolute atomic E-state index is 13.2. The van der Waals surface area contributed by atoms with Gasteiger partial charge in [0.25, 0.3) is 5.91 Å². The molecular formula is C27H23N5O2. The van der Waals surface area contributed by atoms with Gasteiger partial charge in [0, 0.05) is 35.4 Å². The topological polar surface area (TPSA) is 73.4 Å². The number of carbonyl (C=O) groups is 1. The number of amides is 1. The largest absolute Gasteiger partial charge is 0.487 e. The molecule has 3 aromatic heterocycles. The number of imidazole rings is 1. The number of nitrogens with zero attached hydrogens (tertiary/aromatic N) is 4. The normalized spacial score (nSPS) is 12.6. The van der Waals surface area contributed by atoms with Gasteiger partial charge in [-0.25, -0.2) is 9.67 Å². The molecule has 7 heteroatoms. The van der Waals surface area contributed by atoms with Crippen LogP contribution >= 0.6 is 0 Å². The number of fused-ring (bicyclic) bond motifs is 2. The number of ether oxygens (including phenoxy) is 1. The molecular weight excluding hydrogens is 426 g/mol. The summed E-state index contributed by atoms with van der Waals surface area (Å²) < 4.78 is 9.81. The Bertz CT molecular complexity index is 1450. The number of para-hydroxylation sites is 1. The molecule has 168 valence electrons. The first kappa shape index (κ1) is 20.2. The number of nitrogens with one attached hydrogen (secondary N) is 1. The summed E-state index contributed by atoms with van der Waals surface area (Å²) in [6.45, 7) is 0.341. The van der Waals surface area contributed by atoms with Crippen molar-refractivity contribution in [1.82, 2.24) is 19.2 Å². The lowest BCUT2D eigenvalue weighted by molar-refractivity contribution is 0.102. The molecule has 0 saturated carbocycles. The second-order valence-electron chi connectivity index (χ2n) is 8.34. The highest BCUT2D eigenvalue weighted by molar-refractivity contribution is 6.04. The lowest BCUT2D eigenvalue weighted by Crippen LogP contribution is -2.15. The molecule has 5 aromatic rings. The predicted molar refractivity (Wildman–Crippen MR) is 130 cm³/mol. The average Bonchev–Trinajstić information content (AvgIpc) is 3.58. The number of rotatable bonds is 6. The Kier molecular flexibility index (Phi) is 5.07. The minimum Gasteiger partial charge on any atom is -0.487 e. The van der Waals surface area contributed by atoms with Crippen LogP contribution in [0.3, 0.4) is 0 Å². The second kappa shape index (κ2) is 8.51. The smallest absolute Gasteiger partial charge is 0.276 e. The Morgan fingerprint density at radius 2 is 1.88 bits per heavy atom. The summed E-state index contributed by atoms with van der Waals surface area (Å²) in [6, 6.07) is 23.2. The van der Waals surface area contributed by atoms with Gasteiger partial charge in [-0.1, -0.05) is 30.3 Å². The van der Waals surface area contributed by atoms with Crippen LogP contribution in [-0.2, 0) is 19.4 Å². The van der Waals surface area contributed by atoms with Crippen LogP contribution in [0.4, 0.5) is 5.69 Å². The monoisotopic (exact) mass is 449 g/mol. The van der Waals surface area contributed by atoms with E-state index in [0.29, 0.717) is 23.7 Å². The lowest BCUT2D eigenvalue weighted by Gasteiger charge is -2.08. The van der Waals surface area contributed by atoms with E-state index in [1.54, 1.807) is 0 Å². The van der Waals surface area contributed by atoms with Gasteiger partial charge >= 0.3 is 0 Å². The summed E-state index contributed by atoms with van der Waals surface area (Å²) in [7, 11) is 0. The van der Waals surface area contributed by atoms with Crippen molar-refractivity contribution in [1.29, 1.82) is 0 Å². The molecule has 0 fully saturated rings. The molecule has 3 heterocycles. The Morgan fingerprint density at radius 3 is 2.76 bits per heavy atom. The maximum atomic E-state index is 13.2. The van der Waals surface area contributed by atoms with Crippen molar-refractivity contribution < 1.29 is 9.53 Å². The first-order valence-corrected chi connectivity index (χ1v) is 11.4. The quantitative estimate of drug-likeness (QED) is 0.403. The Hall–Kier alpha value is -4.39. The van der Waals surface area contributed by atoms with E-state index in [-0.39, 0.29) is 5.91 Å². The van der Waals surface area contributed by atoms with Crippen LogP contribution in [0.1, 0.15) is 33.9 Å². The molecule has 1 amide bonds. The molecule has 0 aliphatic heterocycles. The van der Waals surface area contributed by atoms with Gasteiger partial charge in [0.2, 0.25) is 0 Å². The highest BCUT2D eigenvalue weighted by atomic mass is 16.5. The van der Waals surface area contributed by atoms with Crippen molar-refractivity contribution in [2.24, 2.45) is 0 Å². The Labute approximate surface area is 196 Å². The molecule has 0 saturated heterocycles. The summed E-state index contributed by atoms with van der Waals surface area (Å²) in [6.07, 6.45) is 6.74. The van der Waals surface area contributed by atoms with Crippen LogP contribution in [-0.4, -0.2) is 25.1 Å². The second-order valence-corrected chi connectivity index (χ2v) is 8.34. The first-order valence-electron chi connectivity index (χ1n) is 11.4. The van der Waals surface area contributed by atoms with E-state index in [2.05, 4.69) is 15.4 Å². The minimum atomic E-state index is -0.203. The molecule has 0 bridgehead atoms. The zero-order valence-electron chi connectivity index (χ0n) is 18.5. The average molecular weight is 450 g/mol. The first-order chi connectivity index (χ1) is 16.7. The highest BCUT2D eigenvalue weighted by Crippen LogP contribution is 2.28. The van der Waals surface area contributed by atoms with Crippen molar-refractivity contribution in [3.63, 3.8) is 0 Å². The molecule has 7 nitrogen and oxygen atoms in total. The van der Waals surface area contributed by atoms with Gasteiger partial charge in [0.15, 0.2) is 5.69 Å². The molecule has 1 aliphatic rings. The number of anilines is 1. The van der Waals surface area contributed by atoms with E-state index in [0.717, 1.165) is 47.5 Å². The SMILES string of the molecule is O=C(Nc1cccc(OCc2cn3ccccc3n2)c1)c1nn(-c2ccccc2)c2c1CCC2. The van der Waals surface area contributed by atoms with Crippen molar-refractivity contribution in [3.05, 3.63) is 108 Å². The zero-order valence-corrected chi connectivity index (χ0v) is 18.5. The van der Waals surface area contributed by atoms with Gasteiger partial charge in [0.05, 0.1) is 11.4 Å². The predicted octanol–water partition coefficient (Wildman–Crippen LogP) is 4.84. The third-order valence-electron chi connectivity index (χ3n) is 6.04. The van der Waals surface area contributed by atoms with Gasteiger partial charge in [-0.15, -0.1) is 0 Å². The maximum Gasteiger partial charge on any atom is 0.276 e. The summed E-state index contributed by atoms with van der Waals surface area (Å²) in [4.78, 5) is 17.7. The van der Waals surface area contributed by atoms with Crippen LogP contribution in [0.2, 0.25) is 0 Å². The molecule has 6 rings (SSSR count). The van der Waals surface area contributed by atoms with E-state index < -0.39 is 0 Å². The van der Waals surface area contributed by atoms with Gasteiger partial charge in [-0.05, 0) is 55.7 Å². The number of pyridine rings is 1. The molecule has 1 aliphatic carbocycles. The van der Waals surface area contributed by atoms with Gasteiger partial charge in [-0.2, -0.15) is 5.10 Å². The highest BCUT2D eigenvalue weighted by Gasteiger charge is 2.27. The number of hydrogen-bond donors (Lipinski definition) is 1. The number of hydrogen-bond acceptors (Lipinski definition) is 4. The van der Waals surface area contributed by atoms with Crippen molar-refractivity contribution in [2.75, 3.05) is 5.32 Å². The fraction of sp³-hybridized carbons (Fsp3) is 0.148. The third-order valence-corrected chi connectivity index (χ3v) is 6.04. The van der Waals surface area contributed by atoms with Crippen LogP contribution in [0.25, 0.3) is 11.3 Å². The number of aromatic nitrogens is 4. The lowest BCUT2D eigenvalue weighted by atomic mass is 10.2. The summed E-state index contributed by atoms with van der Waals surface area (Å²) in [5, 5.41) is 7.68. The van der Waals surface area contributed by atoms with Gasteiger partial charge < -0.3 is 14.5 Å². The molecule has 0 unspecified atom stereocenters. The summed E-state index contributed by atoms with van der Waals surface area (Å²) >= 11 is 0. The third kappa shape index (κ3) is 3.81. The Balaban J connectivity index is 1.19. The fourth-order valence-corrected chi connectivity index (χ4v) is 4.47. The molecule has 34 heavy (non-hydrogen) atoms. The van der Waals surface area contributed by atoms with E-state index >= 15 is 0 Å². The minimum absolute atomic E-state index is 0.203. The van der Waals surface area contributed by atoms with E-state index in [1.807, 2.05) is 94.3 Å². The van der Waals surface area contributed by atoms with Gasteiger partial charge in [-0.3, -0.25) is 4.79 Å². The van der Waals surface area contributed by atoms with Crippen molar-refractivity contribution in [2.45, 2.75) is 25.9 Å². The van der Waals surface area contributed by atoms with E-state index in [4.69, 9.17) is 4.74 Å². The van der Waals surface area contributed by atoms with Gasteiger partial charge in [0.1, 0.15) is 18.0 Å². The summed E-state index contributed by atoms with van der Waals surface area (Å²) in [5.41, 5.74) is 6.02. The zero-order chi connectivity index (χ0) is 22.9. The standard InChI is InChI=1S/C27H23N5O2/c33-27(26-23-12-7-13-24(23)32(30-26)21-9-2-1-3-10-21)29-19-8-6-11-22(16-19)34-18-20-17-31-15-5-4-14-25(31)28-20/h1-6,8-11,14-17H,7,12-13,18H2,(H,29,33). The van der Waals surface area contributed by atoms with Crippen molar-refractivity contribution >= 4 is 17.2 Å². The van der Waals surface area contributed by atoms with Crippen LogP contribution in [0, 0.1) is 0 Å². The summed E-state index contributed by atoms with van der Waals surface area (Å²) in [5.74, 6) is 0.459. The number of benzene rings is 2. The molecule has 1 N–H and O–H groups in total. The van der Waals surface area contributed by atoms with Crippen molar-refractivity contribution in [3.8, 4) is 11.4 Å². The van der Waals surface area contributed by atoms with Crippen LogP contribution < -0.4 is 10.1 Å². The Morgan fingerprint density at radius 1 is 1.00 bits per heavy atom. The van der Waals surface area contributed by atoms with Crippen LogP contribution in [0.15, 0.2) is 85.2 Å². The molecule has 2 aromatic carbocycles. The number of carbonyl (C=O) groups excluding carboxylic acids is 1. The van der Waals surface area contributed by atoms with Crippen LogP contribution in [0.5, 0.6) is 5.75 Å². The fourth-order valence-electron chi connectivity index (χ4n) is 4.47. The molecule has 0 atom stereocenters. The van der Waals surface area contributed by atoms with E-state index in [1.165, 1.54) is 0 Å². The molecule has 0 radical (unpaired) electrons. The molecule has 0 spiro atoms.